The van der Waals surface area contributed by atoms with E-state index in [4.69, 9.17) is 14.6 Å². The third-order valence-corrected chi connectivity index (χ3v) is 8.21. The predicted octanol–water partition coefficient (Wildman–Crippen LogP) is 3.62. The lowest BCUT2D eigenvalue weighted by atomic mass is 10.0. The predicted molar refractivity (Wildman–Crippen MR) is 148 cm³/mol. The van der Waals surface area contributed by atoms with Gasteiger partial charge < -0.3 is 25.0 Å². The van der Waals surface area contributed by atoms with Crippen LogP contribution in [0.15, 0.2) is 42.6 Å². The van der Waals surface area contributed by atoms with Crippen molar-refractivity contribution in [2.75, 3.05) is 45.9 Å². The summed E-state index contributed by atoms with van der Waals surface area (Å²) < 4.78 is 37.2. The zero-order chi connectivity index (χ0) is 30.4. The smallest absolute Gasteiger partial charge is 0.475 e. The number of halogens is 3. The number of carbonyl (C=O) groups is 3. The first-order valence-corrected chi connectivity index (χ1v) is 14.1. The minimum Gasteiger partial charge on any atom is -0.475 e. The molecule has 0 spiro atoms. The standard InChI is InChI=1S/C28H36N4O3.C2HF3O2/c1-19-8-11-29-20(2)26(19)28(34)32-16-23-14-31(15-24(23)17-32)12-9-25(21-6-4-3-5-7-21)30-27(33)22-10-13-35-18-22;3-2(4,5)1(6)7/h3-8,11,22-25H,9-10,12-18H2,1-2H3,(H,30,33);(H,6,7)/t22-,23?,24?,25+;/m1./s1. The van der Waals surface area contributed by atoms with Gasteiger partial charge in [-0.05, 0) is 55.7 Å². The van der Waals surface area contributed by atoms with Gasteiger partial charge in [0.1, 0.15) is 0 Å². The first-order valence-electron chi connectivity index (χ1n) is 14.1. The van der Waals surface area contributed by atoms with Gasteiger partial charge in [-0.25, -0.2) is 4.79 Å². The monoisotopic (exact) mass is 590 g/mol. The number of benzene rings is 1. The first-order chi connectivity index (χ1) is 19.9. The lowest BCUT2D eigenvalue weighted by molar-refractivity contribution is -0.192. The molecule has 0 radical (unpaired) electrons. The number of ether oxygens (including phenoxy) is 1. The Balaban J connectivity index is 0.000000517. The molecule has 3 saturated heterocycles. The summed E-state index contributed by atoms with van der Waals surface area (Å²) in [5.41, 5.74) is 3.72. The molecule has 4 heterocycles. The van der Waals surface area contributed by atoms with Gasteiger partial charge >= 0.3 is 12.1 Å². The number of carboxylic acid groups (broad SMARTS) is 1. The van der Waals surface area contributed by atoms with Gasteiger partial charge in [0.25, 0.3) is 5.91 Å². The number of aliphatic carboxylic acids is 1. The topological polar surface area (TPSA) is 112 Å². The number of hydrogen-bond acceptors (Lipinski definition) is 6. The Morgan fingerprint density at radius 2 is 1.71 bits per heavy atom. The number of nitrogens with zero attached hydrogens (tertiary/aromatic N) is 3. The molecule has 1 aromatic carbocycles. The maximum atomic E-state index is 13.2. The maximum absolute atomic E-state index is 13.2. The Labute approximate surface area is 243 Å². The minimum absolute atomic E-state index is 0.000604. The quantitative estimate of drug-likeness (QED) is 0.507. The van der Waals surface area contributed by atoms with Crippen LogP contribution in [0.4, 0.5) is 13.2 Å². The first kappa shape index (κ1) is 31.4. The molecular weight excluding hydrogens is 553 g/mol. The third kappa shape index (κ3) is 7.86. The minimum atomic E-state index is -5.08. The summed E-state index contributed by atoms with van der Waals surface area (Å²) in [6.07, 6.45) is -1.64. The number of nitrogens with one attached hydrogen (secondary N) is 1. The van der Waals surface area contributed by atoms with E-state index in [1.165, 1.54) is 0 Å². The Hall–Kier alpha value is -3.51. The highest BCUT2D eigenvalue weighted by Gasteiger charge is 2.42. The number of alkyl halides is 3. The zero-order valence-electron chi connectivity index (χ0n) is 23.8. The Morgan fingerprint density at radius 1 is 1.07 bits per heavy atom. The van der Waals surface area contributed by atoms with Gasteiger partial charge in [-0.3, -0.25) is 14.6 Å². The Morgan fingerprint density at radius 3 is 2.26 bits per heavy atom. The summed E-state index contributed by atoms with van der Waals surface area (Å²) in [6, 6.07) is 12.2. The molecule has 2 unspecified atom stereocenters. The normalized spacial score (nSPS) is 22.7. The van der Waals surface area contributed by atoms with Crippen molar-refractivity contribution in [3.05, 3.63) is 65.0 Å². The lowest BCUT2D eigenvalue weighted by Crippen LogP contribution is -2.37. The van der Waals surface area contributed by atoms with Gasteiger partial charge in [0.15, 0.2) is 0 Å². The summed E-state index contributed by atoms with van der Waals surface area (Å²) in [4.78, 5) is 43.8. The zero-order valence-corrected chi connectivity index (χ0v) is 23.8. The van der Waals surface area contributed by atoms with Gasteiger partial charge in [0.05, 0.1) is 29.8 Å². The second-order valence-corrected chi connectivity index (χ2v) is 11.2. The van der Waals surface area contributed by atoms with Crippen LogP contribution in [-0.4, -0.2) is 89.8 Å². The van der Waals surface area contributed by atoms with Crippen LogP contribution in [0.3, 0.4) is 0 Å². The van der Waals surface area contributed by atoms with E-state index in [9.17, 15) is 22.8 Å². The highest BCUT2D eigenvalue weighted by molar-refractivity contribution is 5.96. The van der Waals surface area contributed by atoms with Crippen LogP contribution < -0.4 is 5.32 Å². The van der Waals surface area contributed by atoms with Crippen LogP contribution in [0.1, 0.15) is 46.1 Å². The largest absolute Gasteiger partial charge is 0.490 e. The van der Waals surface area contributed by atoms with E-state index in [0.717, 1.165) is 67.9 Å². The number of hydrogen-bond donors (Lipinski definition) is 2. The van der Waals surface area contributed by atoms with Gasteiger partial charge in [0, 0.05) is 45.5 Å². The Kier molecular flexibility index (Phi) is 10.2. The van der Waals surface area contributed by atoms with E-state index in [0.29, 0.717) is 25.0 Å². The molecule has 3 aliphatic rings. The fourth-order valence-electron chi connectivity index (χ4n) is 5.96. The van der Waals surface area contributed by atoms with Crippen molar-refractivity contribution in [1.82, 2.24) is 20.1 Å². The van der Waals surface area contributed by atoms with Crippen molar-refractivity contribution < 1.29 is 37.4 Å². The van der Waals surface area contributed by atoms with E-state index in [1.54, 1.807) is 6.20 Å². The van der Waals surface area contributed by atoms with Gasteiger partial charge in [0.2, 0.25) is 5.91 Å². The number of carbonyl (C=O) groups excluding carboxylic acids is 2. The molecule has 3 fully saturated rings. The van der Waals surface area contributed by atoms with Crippen LogP contribution in [0, 0.1) is 31.6 Å². The van der Waals surface area contributed by atoms with Gasteiger partial charge in [-0.2, -0.15) is 13.2 Å². The number of rotatable bonds is 7. The Bertz CT molecular complexity index is 1220. The molecule has 0 aliphatic carbocycles. The molecule has 1 aromatic heterocycles. The fourth-order valence-corrected chi connectivity index (χ4v) is 5.96. The molecule has 3 aliphatic heterocycles. The van der Waals surface area contributed by atoms with Crippen LogP contribution in [-0.2, 0) is 14.3 Å². The SMILES string of the molecule is Cc1ccnc(C)c1C(=O)N1CC2CN(CC[C@H](NC(=O)[C@@H]3CCOC3)c3ccccc3)CC2C1.O=C(O)C(F)(F)F. The molecule has 2 amide bonds. The van der Waals surface area contributed by atoms with Crippen LogP contribution in [0.25, 0.3) is 0 Å². The van der Waals surface area contributed by atoms with Crippen molar-refractivity contribution in [2.24, 2.45) is 17.8 Å². The average Bonchev–Trinajstić information content (AvgIpc) is 3.69. The summed E-state index contributed by atoms with van der Waals surface area (Å²) in [5, 5.41) is 10.4. The van der Waals surface area contributed by atoms with Crippen LogP contribution in [0.5, 0.6) is 0 Å². The number of amides is 2. The fraction of sp³-hybridized carbons (Fsp3) is 0.533. The maximum Gasteiger partial charge on any atom is 0.490 e. The van der Waals surface area contributed by atoms with Crippen LogP contribution in [0.2, 0.25) is 0 Å². The van der Waals surface area contributed by atoms with Gasteiger partial charge in [-0.1, -0.05) is 30.3 Å². The molecule has 42 heavy (non-hydrogen) atoms. The number of fused-ring (bicyclic) bond motifs is 1. The molecule has 5 rings (SSSR count). The molecule has 9 nitrogen and oxygen atoms in total. The van der Waals surface area contributed by atoms with Crippen molar-refractivity contribution in [3.8, 4) is 0 Å². The van der Waals surface area contributed by atoms with Crippen LogP contribution >= 0.6 is 0 Å². The second-order valence-electron chi connectivity index (χ2n) is 11.2. The number of likely N-dealkylation sites (tertiary alicyclic amines) is 2. The van der Waals surface area contributed by atoms with Gasteiger partial charge in [-0.15, -0.1) is 0 Å². The molecule has 228 valence electrons. The molecular formula is C30H37F3N4O5. The summed E-state index contributed by atoms with van der Waals surface area (Å²) in [7, 11) is 0. The van der Waals surface area contributed by atoms with E-state index in [-0.39, 0.29) is 23.8 Å². The molecule has 2 aromatic rings. The molecule has 0 bridgehead atoms. The van der Waals surface area contributed by atoms with Crippen molar-refractivity contribution in [1.29, 1.82) is 0 Å². The average molecular weight is 591 g/mol. The van der Waals surface area contributed by atoms with Crippen molar-refractivity contribution >= 4 is 17.8 Å². The van der Waals surface area contributed by atoms with E-state index in [1.807, 2.05) is 43.0 Å². The lowest BCUT2D eigenvalue weighted by Gasteiger charge is -2.26. The van der Waals surface area contributed by atoms with E-state index < -0.39 is 12.1 Å². The highest BCUT2D eigenvalue weighted by Crippen LogP contribution is 2.33. The third-order valence-electron chi connectivity index (χ3n) is 8.21. The molecule has 2 N–H and O–H groups in total. The number of pyridine rings is 1. The summed E-state index contributed by atoms with van der Waals surface area (Å²) >= 11 is 0. The molecule has 12 heteroatoms. The molecule has 0 saturated carbocycles. The summed E-state index contributed by atoms with van der Waals surface area (Å²) in [6.45, 7) is 9.67. The highest BCUT2D eigenvalue weighted by atomic mass is 19.4. The van der Waals surface area contributed by atoms with E-state index in [2.05, 4.69) is 27.3 Å². The molecule has 4 atom stereocenters. The van der Waals surface area contributed by atoms with Crippen molar-refractivity contribution in [3.63, 3.8) is 0 Å². The van der Waals surface area contributed by atoms with E-state index >= 15 is 0 Å². The number of aryl methyl sites for hydroxylation is 2. The summed E-state index contributed by atoms with van der Waals surface area (Å²) in [5.74, 6) is -1.55. The number of aromatic nitrogens is 1. The second kappa shape index (κ2) is 13.6. The van der Waals surface area contributed by atoms with Crippen molar-refractivity contribution in [2.45, 2.75) is 38.9 Å². The number of carboxylic acids is 1.